The van der Waals surface area contributed by atoms with Gasteiger partial charge >= 0.3 is 6.09 Å². The summed E-state index contributed by atoms with van der Waals surface area (Å²) in [5.74, 6) is -0.575. The largest absolute Gasteiger partial charge is 0.433 e. The first-order valence-electron chi connectivity index (χ1n) is 11.3. The Hall–Kier alpha value is -3.17. The van der Waals surface area contributed by atoms with Crippen molar-refractivity contribution in [1.82, 2.24) is 20.1 Å². The predicted octanol–water partition coefficient (Wildman–Crippen LogP) is 1.95. The van der Waals surface area contributed by atoms with E-state index in [4.69, 9.17) is 9.47 Å². The van der Waals surface area contributed by atoms with E-state index < -0.39 is 11.7 Å². The van der Waals surface area contributed by atoms with E-state index in [1.54, 1.807) is 13.8 Å². The van der Waals surface area contributed by atoms with Crippen LogP contribution in [0.2, 0.25) is 0 Å². The molecule has 0 bridgehead atoms. The molecule has 2 N–H and O–H groups in total. The number of aromatic amines is 1. The highest BCUT2D eigenvalue weighted by molar-refractivity contribution is 6.07. The highest BCUT2D eigenvalue weighted by atomic mass is 16.6. The molecule has 174 valence electrons. The number of allylic oxidation sites excluding steroid dienone is 1. The zero-order valence-electron chi connectivity index (χ0n) is 18.8. The van der Waals surface area contributed by atoms with Crippen LogP contribution in [0.5, 0.6) is 0 Å². The summed E-state index contributed by atoms with van der Waals surface area (Å²) in [5.41, 5.74) is 3.17. The van der Waals surface area contributed by atoms with E-state index in [2.05, 4.69) is 21.3 Å². The average Bonchev–Trinajstić information content (AvgIpc) is 3.40. The molecule has 1 unspecified atom stereocenters. The molecule has 0 saturated carbocycles. The highest BCUT2D eigenvalue weighted by Crippen LogP contribution is 2.35. The predicted molar refractivity (Wildman–Crippen MR) is 120 cm³/mol. The third kappa shape index (κ3) is 4.26. The molecule has 1 aliphatic carbocycles. The van der Waals surface area contributed by atoms with Crippen LogP contribution >= 0.6 is 0 Å². The van der Waals surface area contributed by atoms with Crippen LogP contribution in [0.4, 0.5) is 4.79 Å². The summed E-state index contributed by atoms with van der Waals surface area (Å²) in [5, 5.41) is 2.92. The zero-order chi connectivity index (χ0) is 23.2. The minimum absolute atomic E-state index is 0.0919. The summed E-state index contributed by atoms with van der Waals surface area (Å²) in [6, 6.07) is 2.06. The summed E-state index contributed by atoms with van der Waals surface area (Å²) in [7, 11) is 0. The fraction of sp³-hybridized carbons (Fsp3) is 0.458. The van der Waals surface area contributed by atoms with Gasteiger partial charge in [-0.1, -0.05) is 6.08 Å². The standard InChI is InChI=1S/C24H28N4O5/c1-24(2)22(30)28(23(31)33-24)14-15-3-4-20-18(10-15)19(21(29)26-20)11-17-9-16(12-25-17)13-27-5-7-32-8-6-27/h3-4,9,11-12,15,25H,5-8,10,13-14H2,1-2H3,(H,26,29). The Balaban J connectivity index is 1.29. The molecular weight excluding hydrogens is 424 g/mol. The number of hydrogen-bond acceptors (Lipinski definition) is 6. The molecule has 0 spiro atoms. The van der Waals surface area contributed by atoms with Crippen molar-refractivity contribution in [3.63, 3.8) is 0 Å². The first-order chi connectivity index (χ1) is 15.8. The van der Waals surface area contributed by atoms with Crippen molar-refractivity contribution in [2.75, 3.05) is 32.8 Å². The Morgan fingerprint density at radius 2 is 2.00 bits per heavy atom. The van der Waals surface area contributed by atoms with E-state index in [-0.39, 0.29) is 24.3 Å². The molecule has 0 radical (unpaired) electrons. The molecule has 33 heavy (non-hydrogen) atoms. The molecule has 2 fully saturated rings. The maximum Gasteiger partial charge on any atom is 0.417 e. The first-order valence-corrected chi connectivity index (χ1v) is 11.3. The van der Waals surface area contributed by atoms with Gasteiger partial charge in [-0.15, -0.1) is 0 Å². The molecule has 1 aromatic heterocycles. The topological polar surface area (TPSA) is 104 Å². The van der Waals surface area contributed by atoms with Crippen LogP contribution in [0, 0.1) is 5.92 Å². The first kappa shape index (κ1) is 21.7. The molecule has 9 nitrogen and oxygen atoms in total. The van der Waals surface area contributed by atoms with Gasteiger partial charge in [-0.2, -0.15) is 0 Å². The number of amides is 3. The second-order valence-electron chi connectivity index (χ2n) is 9.37. The number of carbonyl (C=O) groups excluding carboxylic acids is 3. The van der Waals surface area contributed by atoms with Crippen LogP contribution in [0.3, 0.4) is 0 Å². The quantitative estimate of drug-likeness (QED) is 0.662. The summed E-state index contributed by atoms with van der Waals surface area (Å²) in [4.78, 5) is 44.1. The number of ether oxygens (including phenoxy) is 2. The molecule has 4 heterocycles. The maximum atomic E-state index is 12.7. The maximum absolute atomic E-state index is 12.7. The normalized spacial score (nSPS) is 26.2. The lowest BCUT2D eigenvalue weighted by Crippen LogP contribution is -2.39. The summed E-state index contributed by atoms with van der Waals surface area (Å²) >= 11 is 0. The summed E-state index contributed by atoms with van der Waals surface area (Å²) in [6.45, 7) is 7.59. The van der Waals surface area contributed by atoms with E-state index in [1.165, 1.54) is 0 Å². The lowest BCUT2D eigenvalue weighted by atomic mass is 9.89. The molecule has 2 saturated heterocycles. The van der Waals surface area contributed by atoms with Crippen LogP contribution in [-0.2, 0) is 25.6 Å². The number of H-pyrrole nitrogens is 1. The number of hydrogen-bond donors (Lipinski definition) is 2. The fourth-order valence-electron chi connectivity index (χ4n) is 4.67. The number of cyclic esters (lactones) is 1. The molecule has 3 amide bonds. The van der Waals surface area contributed by atoms with E-state index in [1.807, 2.05) is 24.4 Å². The van der Waals surface area contributed by atoms with Crippen LogP contribution in [0.15, 0.2) is 41.3 Å². The molecule has 5 rings (SSSR count). The number of rotatable bonds is 5. The van der Waals surface area contributed by atoms with Gasteiger partial charge in [-0.05, 0) is 55.5 Å². The number of nitrogens with zero attached hydrogens (tertiary/aromatic N) is 2. The third-order valence-electron chi connectivity index (χ3n) is 6.46. The van der Waals surface area contributed by atoms with Gasteiger partial charge in [0, 0.05) is 49.3 Å². The van der Waals surface area contributed by atoms with Gasteiger partial charge in [0.1, 0.15) is 0 Å². The minimum Gasteiger partial charge on any atom is -0.433 e. The SMILES string of the molecule is CC1(C)OC(=O)N(CC2C=CC3=C(C2)C(=Cc2cc(CN4CCOCC4)c[nH]2)C(=O)N3)C1=O. The highest BCUT2D eigenvalue weighted by Gasteiger charge is 2.47. The summed E-state index contributed by atoms with van der Waals surface area (Å²) < 4.78 is 10.6. The summed E-state index contributed by atoms with van der Waals surface area (Å²) in [6.07, 6.45) is 7.57. The van der Waals surface area contributed by atoms with Crippen LogP contribution < -0.4 is 5.32 Å². The van der Waals surface area contributed by atoms with E-state index in [0.717, 1.165) is 60.3 Å². The van der Waals surface area contributed by atoms with Gasteiger partial charge in [-0.25, -0.2) is 9.69 Å². The number of imide groups is 1. The molecular formula is C24H28N4O5. The van der Waals surface area contributed by atoms with Crippen LogP contribution in [-0.4, -0.2) is 71.1 Å². The van der Waals surface area contributed by atoms with Gasteiger partial charge in [0.2, 0.25) is 0 Å². The zero-order valence-corrected chi connectivity index (χ0v) is 18.8. The Labute approximate surface area is 192 Å². The Bertz CT molecular complexity index is 1090. The fourth-order valence-corrected chi connectivity index (χ4v) is 4.67. The van der Waals surface area contributed by atoms with Crippen molar-refractivity contribution in [3.05, 3.63) is 52.5 Å². The van der Waals surface area contributed by atoms with Crippen molar-refractivity contribution in [1.29, 1.82) is 0 Å². The van der Waals surface area contributed by atoms with Gasteiger partial charge < -0.3 is 19.8 Å². The van der Waals surface area contributed by atoms with Crippen molar-refractivity contribution in [3.8, 4) is 0 Å². The number of morpholine rings is 1. The average molecular weight is 453 g/mol. The molecule has 3 aliphatic heterocycles. The monoisotopic (exact) mass is 452 g/mol. The second kappa shape index (κ2) is 8.31. The van der Waals surface area contributed by atoms with Crippen molar-refractivity contribution < 1.29 is 23.9 Å². The lowest BCUT2D eigenvalue weighted by Gasteiger charge is -2.25. The molecule has 1 aromatic rings. The molecule has 0 aromatic carbocycles. The van der Waals surface area contributed by atoms with E-state index in [0.29, 0.717) is 12.0 Å². The van der Waals surface area contributed by atoms with Gasteiger partial charge in [0.15, 0.2) is 5.60 Å². The van der Waals surface area contributed by atoms with Crippen LogP contribution in [0.25, 0.3) is 6.08 Å². The molecule has 1 atom stereocenters. The lowest BCUT2D eigenvalue weighted by molar-refractivity contribution is -0.134. The van der Waals surface area contributed by atoms with Crippen molar-refractivity contribution in [2.24, 2.45) is 5.92 Å². The Kier molecular flexibility index (Phi) is 5.46. The van der Waals surface area contributed by atoms with Crippen LogP contribution in [0.1, 0.15) is 31.5 Å². The number of aromatic nitrogens is 1. The minimum atomic E-state index is -1.14. The van der Waals surface area contributed by atoms with Gasteiger partial charge in [0.25, 0.3) is 11.8 Å². The third-order valence-corrected chi connectivity index (χ3v) is 6.46. The molecule has 9 heteroatoms. The Morgan fingerprint density at radius 3 is 2.73 bits per heavy atom. The smallest absolute Gasteiger partial charge is 0.417 e. The van der Waals surface area contributed by atoms with Gasteiger partial charge in [0.05, 0.1) is 13.2 Å². The van der Waals surface area contributed by atoms with E-state index >= 15 is 0 Å². The van der Waals surface area contributed by atoms with Gasteiger partial charge in [-0.3, -0.25) is 14.5 Å². The number of nitrogens with one attached hydrogen (secondary N) is 2. The number of carbonyl (C=O) groups is 3. The Morgan fingerprint density at radius 1 is 1.21 bits per heavy atom. The second-order valence-corrected chi connectivity index (χ2v) is 9.37. The van der Waals surface area contributed by atoms with Crippen molar-refractivity contribution in [2.45, 2.75) is 32.4 Å². The molecule has 4 aliphatic rings. The van der Waals surface area contributed by atoms with Crippen molar-refractivity contribution >= 4 is 24.0 Å². The van der Waals surface area contributed by atoms with E-state index in [9.17, 15) is 14.4 Å².